The Kier molecular flexibility index (Phi) is 5.35. The first-order chi connectivity index (χ1) is 13.4. The number of amides is 1. The van der Waals surface area contributed by atoms with E-state index in [2.05, 4.69) is 4.99 Å². The van der Waals surface area contributed by atoms with Crippen LogP contribution in [-0.2, 0) is 14.6 Å². The summed E-state index contributed by atoms with van der Waals surface area (Å²) in [5, 5.41) is 0.969. The Bertz CT molecular complexity index is 1010. The SMILES string of the molecule is O=C(COc1ccc(Cl)cc1)N=C1S[C@@H]2CS(=O)(=O)C[C@@H]2N1c1ccccc1. The molecular formula is C19H17ClN2O4S2. The number of benzene rings is 2. The quantitative estimate of drug-likeness (QED) is 0.733. The second-order valence-electron chi connectivity index (χ2n) is 6.54. The fourth-order valence-electron chi connectivity index (χ4n) is 3.27. The average Bonchev–Trinajstić information content (AvgIpc) is 3.12. The van der Waals surface area contributed by atoms with Crippen molar-refractivity contribution in [2.45, 2.75) is 11.3 Å². The first kappa shape index (κ1) is 19.3. The number of hydrogen-bond acceptors (Lipinski definition) is 5. The van der Waals surface area contributed by atoms with E-state index in [4.69, 9.17) is 16.3 Å². The number of amidine groups is 1. The van der Waals surface area contributed by atoms with Crippen LogP contribution in [0.25, 0.3) is 0 Å². The van der Waals surface area contributed by atoms with E-state index in [1.165, 1.54) is 11.8 Å². The standard InChI is InChI=1S/C19H17ClN2O4S2/c20-13-6-8-15(9-7-13)26-10-18(23)21-19-22(14-4-2-1-3-5-14)16-11-28(24,25)12-17(16)27-19/h1-9,16-17H,10-12H2/t16-,17+/m0/s1. The maximum absolute atomic E-state index is 12.4. The second-order valence-corrected chi connectivity index (χ2v) is 10.3. The predicted molar refractivity (Wildman–Crippen MR) is 112 cm³/mol. The number of anilines is 1. The molecule has 0 spiro atoms. The van der Waals surface area contributed by atoms with E-state index in [0.717, 1.165) is 5.69 Å². The Morgan fingerprint density at radius 2 is 1.86 bits per heavy atom. The number of carbonyl (C=O) groups excluding carboxylic acids is 1. The fourth-order valence-corrected chi connectivity index (χ4v) is 7.33. The molecule has 2 atom stereocenters. The predicted octanol–water partition coefficient (Wildman–Crippen LogP) is 3.02. The molecule has 2 saturated heterocycles. The molecule has 0 N–H and O–H groups in total. The Labute approximate surface area is 172 Å². The number of fused-ring (bicyclic) bond motifs is 1. The zero-order valence-electron chi connectivity index (χ0n) is 14.7. The van der Waals surface area contributed by atoms with Crippen molar-refractivity contribution in [1.82, 2.24) is 0 Å². The molecule has 1 amide bonds. The Balaban J connectivity index is 1.53. The molecule has 28 heavy (non-hydrogen) atoms. The van der Waals surface area contributed by atoms with Gasteiger partial charge in [0, 0.05) is 16.0 Å². The molecule has 4 rings (SSSR count). The highest BCUT2D eigenvalue weighted by atomic mass is 35.5. The molecule has 9 heteroatoms. The maximum atomic E-state index is 12.4. The molecule has 2 fully saturated rings. The van der Waals surface area contributed by atoms with Gasteiger partial charge in [-0.2, -0.15) is 4.99 Å². The van der Waals surface area contributed by atoms with Gasteiger partial charge in [-0.15, -0.1) is 0 Å². The normalized spacial score (nSPS) is 24.3. The second kappa shape index (κ2) is 7.77. The van der Waals surface area contributed by atoms with E-state index in [1.807, 2.05) is 35.2 Å². The highest BCUT2D eigenvalue weighted by Gasteiger charge is 2.49. The smallest absolute Gasteiger partial charge is 0.285 e. The molecule has 6 nitrogen and oxygen atoms in total. The van der Waals surface area contributed by atoms with Crippen molar-refractivity contribution >= 4 is 50.0 Å². The number of ether oxygens (including phenoxy) is 1. The van der Waals surface area contributed by atoms with Crippen molar-refractivity contribution in [2.75, 3.05) is 23.0 Å². The number of nitrogens with zero attached hydrogens (tertiary/aromatic N) is 2. The molecule has 0 aromatic heterocycles. The minimum Gasteiger partial charge on any atom is -0.484 e. The minimum absolute atomic E-state index is 0.0635. The van der Waals surface area contributed by atoms with Gasteiger partial charge in [-0.3, -0.25) is 4.79 Å². The number of sulfone groups is 1. The zero-order chi connectivity index (χ0) is 19.7. The van der Waals surface area contributed by atoms with Crippen LogP contribution in [0.3, 0.4) is 0 Å². The number of thioether (sulfide) groups is 1. The van der Waals surface area contributed by atoms with Gasteiger partial charge in [0.25, 0.3) is 5.91 Å². The van der Waals surface area contributed by atoms with Crippen LogP contribution in [0.2, 0.25) is 5.02 Å². The molecule has 0 aliphatic carbocycles. The summed E-state index contributed by atoms with van der Waals surface area (Å²) < 4.78 is 29.6. The van der Waals surface area contributed by atoms with Gasteiger partial charge in [0.1, 0.15) is 5.75 Å². The van der Waals surface area contributed by atoms with Crippen molar-refractivity contribution in [1.29, 1.82) is 0 Å². The van der Waals surface area contributed by atoms with E-state index in [0.29, 0.717) is 15.9 Å². The Hall–Kier alpha value is -2.03. The van der Waals surface area contributed by atoms with Crippen molar-refractivity contribution in [3.63, 3.8) is 0 Å². The third kappa shape index (κ3) is 4.19. The fraction of sp³-hybridized carbons (Fsp3) is 0.263. The summed E-state index contributed by atoms with van der Waals surface area (Å²) in [6.07, 6.45) is 0. The van der Waals surface area contributed by atoms with Crippen LogP contribution in [0, 0.1) is 0 Å². The lowest BCUT2D eigenvalue weighted by molar-refractivity contribution is -0.119. The summed E-state index contributed by atoms with van der Waals surface area (Å²) in [5.41, 5.74) is 0.824. The molecule has 146 valence electrons. The molecule has 0 bridgehead atoms. The van der Waals surface area contributed by atoms with Gasteiger partial charge in [0.2, 0.25) is 0 Å². The van der Waals surface area contributed by atoms with Gasteiger partial charge in [0.15, 0.2) is 21.6 Å². The zero-order valence-corrected chi connectivity index (χ0v) is 17.1. The van der Waals surface area contributed by atoms with Crippen LogP contribution in [0.4, 0.5) is 5.69 Å². The number of carbonyl (C=O) groups is 1. The van der Waals surface area contributed by atoms with Crippen LogP contribution in [-0.4, -0.2) is 48.9 Å². The number of aliphatic imine (C=N–C) groups is 1. The van der Waals surface area contributed by atoms with Crippen LogP contribution >= 0.6 is 23.4 Å². The molecule has 2 aliphatic heterocycles. The summed E-state index contributed by atoms with van der Waals surface area (Å²) in [4.78, 5) is 18.4. The van der Waals surface area contributed by atoms with Gasteiger partial charge >= 0.3 is 0 Å². The number of hydrogen-bond donors (Lipinski definition) is 0. The molecule has 2 heterocycles. The summed E-state index contributed by atoms with van der Waals surface area (Å²) in [5.74, 6) is 0.259. The van der Waals surface area contributed by atoms with E-state index < -0.39 is 15.7 Å². The van der Waals surface area contributed by atoms with Crippen LogP contribution < -0.4 is 9.64 Å². The maximum Gasteiger partial charge on any atom is 0.285 e. The minimum atomic E-state index is -3.09. The third-order valence-electron chi connectivity index (χ3n) is 4.50. The van der Waals surface area contributed by atoms with Crippen LogP contribution in [0.1, 0.15) is 0 Å². The average molecular weight is 437 g/mol. The van der Waals surface area contributed by atoms with Gasteiger partial charge < -0.3 is 9.64 Å². The first-order valence-electron chi connectivity index (χ1n) is 8.62. The van der Waals surface area contributed by atoms with Crippen molar-refractivity contribution in [3.05, 3.63) is 59.6 Å². The van der Waals surface area contributed by atoms with E-state index in [1.54, 1.807) is 24.3 Å². The number of para-hydroxylation sites is 1. The van der Waals surface area contributed by atoms with Crippen molar-refractivity contribution < 1.29 is 17.9 Å². The molecule has 2 aromatic carbocycles. The highest BCUT2D eigenvalue weighted by molar-refractivity contribution is 8.16. The van der Waals surface area contributed by atoms with Gasteiger partial charge in [-0.05, 0) is 36.4 Å². The lowest BCUT2D eigenvalue weighted by Gasteiger charge is -2.24. The number of rotatable bonds is 4. The van der Waals surface area contributed by atoms with Crippen molar-refractivity contribution in [3.8, 4) is 5.75 Å². The lowest BCUT2D eigenvalue weighted by Crippen LogP contribution is -2.37. The Morgan fingerprint density at radius 1 is 1.14 bits per heavy atom. The van der Waals surface area contributed by atoms with Gasteiger partial charge in [0.05, 0.1) is 17.5 Å². The molecule has 0 unspecified atom stereocenters. The third-order valence-corrected chi connectivity index (χ3v) is 7.96. The van der Waals surface area contributed by atoms with Gasteiger partial charge in [-0.25, -0.2) is 8.42 Å². The molecule has 2 aromatic rings. The van der Waals surface area contributed by atoms with Crippen LogP contribution in [0.15, 0.2) is 59.6 Å². The topological polar surface area (TPSA) is 76.0 Å². The van der Waals surface area contributed by atoms with E-state index >= 15 is 0 Å². The van der Waals surface area contributed by atoms with Crippen molar-refractivity contribution in [2.24, 2.45) is 4.99 Å². The van der Waals surface area contributed by atoms with Gasteiger partial charge in [-0.1, -0.05) is 41.6 Å². The van der Waals surface area contributed by atoms with E-state index in [9.17, 15) is 13.2 Å². The molecule has 0 saturated carbocycles. The number of halogens is 1. The molecule has 2 aliphatic rings. The summed E-state index contributed by atoms with van der Waals surface area (Å²) in [6.45, 7) is -0.206. The first-order valence-corrected chi connectivity index (χ1v) is 11.7. The lowest BCUT2D eigenvalue weighted by atomic mass is 10.2. The molecular weight excluding hydrogens is 420 g/mol. The summed E-state index contributed by atoms with van der Waals surface area (Å²) >= 11 is 7.17. The van der Waals surface area contributed by atoms with E-state index in [-0.39, 0.29) is 29.4 Å². The largest absolute Gasteiger partial charge is 0.484 e. The Morgan fingerprint density at radius 3 is 2.57 bits per heavy atom. The van der Waals surface area contributed by atoms with Crippen LogP contribution in [0.5, 0.6) is 5.75 Å². The molecule has 0 radical (unpaired) electrons. The highest BCUT2D eigenvalue weighted by Crippen LogP contribution is 2.40. The summed E-state index contributed by atoms with van der Waals surface area (Å²) in [7, 11) is -3.09. The summed E-state index contributed by atoms with van der Waals surface area (Å²) in [6, 6.07) is 15.9. The monoisotopic (exact) mass is 436 g/mol.